The third kappa shape index (κ3) is 3.63. The summed E-state index contributed by atoms with van der Waals surface area (Å²) >= 11 is 0. The van der Waals surface area contributed by atoms with Crippen LogP contribution in [0.25, 0.3) is 0 Å². The first kappa shape index (κ1) is 35.6. The molecule has 39 heavy (non-hydrogen) atoms. The van der Waals surface area contributed by atoms with E-state index in [1.807, 2.05) is 0 Å². The van der Waals surface area contributed by atoms with Gasteiger partial charge in [0.15, 0.2) is 0 Å². The van der Waals surface area contributed by atoms with Gasteiger partial charge >= 0.3 is 53.6 Å². The van der Waals surface area contributed by atoms with Crippen LogP contribution >= 0.6 is 0 Å². The summed E-state index contributed by atoms with van der Waals surface area (Å²) in [5, 5.41) is 8.75. The second-order valence-corrected chi connectivity index (χ2v) is 9.98. The van der Waals surface area contributed by atoms with Gasteiger partial charge in [-0.3, -0.25) is 0 Å². The van der Waals surface area contributed by atoms with Gasteiger partial charge in [0.25, 0.3) is 4.75 Å². The van der Waals surface area contributed by atoms with Gasteiger partial charge in [-0.15, -0.1) is 0 Å². The molecule has 0 aliphatic heterocycles. The van der Waals surface area contributed by atoms with E-state index in [1.54, 1.807) is 0 Å². The Kier molecular flexibility index (Phi) is 8.22. The quantitative estimate of drug-likeness (QED) is 0.341. The van der Waals surface area contributed by atoms with E-state index in [0.29, 0.717) is 6.92 Å². The van der Waals surface area contributed by atoms with Gasteiger partial charge in [0.05, 0.1) is 6.61 Å². The van der Waals surface area contributed by atoms with Crippen LogP contribution < -0.4 is 0 Å². The molecule has 0 heterocycles. The van der Waals surface area contributed by atoms with Crippen LogP contribution in [-0.2, 0) is 10.0 Å². The van der Waals surface area contributed by atoms with Crippen molar-refractivity contribution in [1.29, 1.82) is 0 Å². The molecular weight excluding hydrogens is 635 g/mol. The standard InChI is InChI=1S/C15H12F19NO3S/c1-2-3-35(4-5-36)39(37,38)6(9(20,21)12(26,27)14(30,31)15(32,33)34)7(16,17)10(22,23)13(28,29)11(24,25)8(6,18)19/h36H,2-5H2,1H3. The van der Waals surface area contributed by atoms with Gasteiger partial charge in [-0.2, -0.15) is 87.7 Å². The lowest BCUT2D eigenvalue weighted by Gasteiger charge is -2.58. The van der Waals surface area contributed by atoms with Crippen LogP contribution in [0.3, 0.4) is 0 Å². The number of hydrogen-bond acceptors (Lipinski definition) is 3. The summed E-state index contributed by atoms with van der Waals surface area (Å²) in [6.45, 7) is -5.47. The summed E-state index contributed by atoms with van der Waals surface area (Å²) in [5.74, 6) is -70.3. The SMILES string of the molecule is CCCN(CCO)S(=O)(=O)C1(C(F)(F)C(F)(F)C(F)(F)C(F)(F)F)C(F)(F)C(F)(F)C(F)(F)C(F)(F)C1(F)F. The van der Waals surface area contributed by atoms with E-state index in [1.165, 1.54) is 0 Å². The highest BCUT2D eigenvalue weighted by Gasteiger charge is 3.10. The maximum Gasteiger partial charge on any atom is 0.460 e. The fourth-order valence-corrected chi connectivity index (χ4v) is 6.10. The smallest absolute Gasteiger partial charge is 0.395 e. The van der Waals surface area contributed by atoms with Crippen molar-refractivity contribution in [2.24, 2.45) is 0 Å². The van der Waals surface area contributed by atoms with Gasteiger partial charge in [0.1, 0.15) is 0 Å². The average molecular weight is 647 g/mol. The number of sulfonamides is 1. The molecule has 0 radical (unpaired) electrons. The second kappa shape index (κ2) is 9.02. The first-order chi connectivity index (χ1) is 16.8. The van der Waals surface area contributed by atoms with Crippen LogP contribution in [0.15, 0.2) is 0 Å². The highest BCUT2D eigenvalue weighted by atomic mass is 32.2. The maximum absolute atomic E-state index is 15.0. The van der Waals surface area contributed by atoms with Crippen molar-refractivity contribution >= 4 is 10.0 Å². The monoisotopic (exact) mass is 647 g/mol. The minimum absolute atomic E-state index is 0.631. The van der Waals surface area contributed by atoms with E-state index < -0.39 is 98.7 Å². The first-order valence-electron chi connectivity index (χ1n) is 9.47. The molecule has 234 valence electrons. The molecule has 0 amide bonds. The summed E-state index contributed by atoms with van der Waals surface area (Å²) in [5.41, 5.74) is 0. The lowest BCUT2D eigenvalue weighted by atomic mass is 9.68. The van der Waals surface area contributed by atoms with Crippen LogP contribution in [0.5, 0.6) is 0 Å². The minimum atomic E-state index is -9.30. The zero-order valence-corrected chi connectivity index (χ0v) is 18.9. The van der Waals surface area contributed by atoms with Crippen molar-refractivity contribution < 1.29 is 96.9 Å². The van der Waals surface area contributed by atoms with E-state index in [2.05, 4.69) is 0 Å². The minimum Gasteiger partial charge on any atom is -0.395 e. The normalized spacial score (nSPS) is 24.6. The van der Waals surface area contributed by atoms with E-state index in [9.17, 15) is 91.8 Å². The lowest BCUT2D eigenvalue weighted by Crippen LogP contribution is -2.93. The Labute approximate surface area is 203 Å². The highest BCUT2D eigenvalue weighted by Crippen LogP contribution is 2.76. The summed E-state index contributed by atoms with van der Waals surface area (Å²) in [7, 11) is -8.71. The van der Waals surface area contributed by atoms with Crippen molar-refractivity contribution in [2.75, 3.05) is 19.7 Å². The van der Waals surface area contributed by atoms with Crippen molar-refractivity contribution in [3.63, 3.8) is 0 Å². The van der Waals surface area contributed by atoms with E-state index in [0.717, 1.165) is 0 Å². The van der Waals surface area contributed by atoms with Crippen molar-refractivity contribution in [3.05, 3.63) is 0 Å². The predicted octanol–water partition coefficient (Wildman–Crippen LogP) is 5.42. The molecule has 1 aliphatic rings. The fourth-order valence-electron chi connectivity index (χ4n) is 3.61. The van der Waals surface area contributed by atoms with Crippen LogP contribution in [0, 0.1) is 0 Å². The Balaban J connectivity index is 4.76. The molecule has 0 unspecified atom stereocenters. The number of rotatable bonds is 9. The topological polar surface area (TPSA) is 57.6 Å². The molecule has 1 rings (SSSR count). The molecule has 1 aliphatic carbocycles. The molecule has 0 aromatic rings. The molecule has 1 N–H and O–H groups in total. The Hall–Kier alpha value is -1.46. The maximum atomic E-state index is 15.0. The molecule has 0 aromatic heterocycles. The highest BCUT2D eigenvalue weighted by molar-refractivity contribution is 7.90. The molecule has 0 atom stereocenters. The number of aliphatic hydroxyl groups is 1. The summed E-state index contributed by atoms with van der Waals surface area (Å²) in [4.78, 5) is 0. The van der Waals surface area contributed by atoms with Gasteiger partial charge in [0, 0.05) is 13.1 Å². The molecule has 0 aromatic carbocycles. The summed E-state index contributed by atoms with van der Waals surface area (Å²) in [6.07, 6.45) is -9.22. The van der Waals surface area contributed by atoms with Gasteiger partial charge in [0.2, 0.25) is 10.0 Å². The van der Waals surface area contributed by atoms with Crippen molar-refractivity contribution in [1.82, 2.24) is 4.31 Å². The Morgan fingerprint density at radius 1 is 0.615 bits per heavy atom. The largest absolute Gasteiger partial charge is 0.460 e. The molecule has 1 saturated carbocycles. The number of aliphatic hydroxyl groups excluding tert-OH is 1. The molecule has 4 nitrogen and oxygen atoms in total. The summed E-state index contributed by atoms with van der Waals surface area (Å²) in [6, 6.07) is 0. The van der Waals surface area contributed by atoms with Gasteiger partial charge < -0.3 is 5.11 Å². The molecule has 1 fully saturated rings. The number of hydrogen-bond donors (Lipinski definition) is 1. The van der Waals surface area contributed by atoms with Crippen LogP contribution in [0.4, 0.5) is 83.4 Å². The van der Waals surface area contributed by atoms with Gasteiger partial charge in [-0.05, 0) is 6.42 Å². The van der Waals surface area contributed by atoms with E-state index in [4.69, 9.17) is 5.11 Å². The Morgan fingerprint density at radius 3 is 1.23 bits per heavy atom. The molecular formula is C15H12F19NO3S. The lowest BCUT2D eigenvalue weighted by molar-refractivity contribution is -0.489. The molecule has 24 heteroatoms. The molecule has 0 bridgehead atoms. The Bertz CT molecular complexity index is 999. The molecule has 0 spiro atoms. The zero-order chi connectivity index (χ0) is 31.9. The second-order valence-electron chi connectivity index (χ2n) is 7.90. The van der Waals surface area contributed by atoms with Crippen LogP contribution in [-0.4, -0.2) is 95.8 Å². The van der Waals surface area contributed by atoms with E-state index in [-0.39, 0.29) is 0 Å². The average Bonchev–Trinajstić information content (AvgIpc) is 2.70. The zero-order valence-electron chi connectivity index (χ0n) is 18.1. The van der Waals surface area contributed by atoms with Gasteiger partial charge in [-0.1, -0.05) is 6.92 Å². The fraction of sp³-hybridized carbons (Fsp3) is 1.00. The Morgan fingerprint density at radius 2 is 0.949 bits per heavy atom. The van der Waals surface area contributed by atoms with Crippen molar-refractivity contribution in [3.8, 4) is 0 Å². The number of nitrogens with zero attached hydrogens (tertiary/aromatic N) is 1. The van der Waals surface area contributed by atoms with E-state index >= 15 is 0 Å². The van der Waals surface area contributed by atoms with Crippen molar-refractivity contribution in [2.45, 2.75) is 71.6 Å². The third-order valence-corrected chi connectivity index (χ3v) is 8.19. The van der Waals surface area contributed by atoms with Crippen LogP contribution in [0.1, 0.15) is 13.3 Å². The summed E-state index contributed by atoms with van der Waals surface area (Å²) < 4.78 is 280. The third-order valence-electron chi connectivity index (χ3n) is 5.60. The number of alkyl halides is 19. The van der Waals surface area contributed by atoms with Gasteiger partial charge in [-0.25, -0.2) is 8.42 Å². The predicted molar refractivity (Wildman–Crippen MR) is 86.2 cm³/mol. The first-order valence-corrected chi connectivity index (χ1v) is 10.9. The molecule has 0 saturated heterocycles. The number of halogens is 19. The van der Waals surface area contributed by atoms with Crippen LogP contribution in [0.2, 0.25) is 0 Å².